The molecule has 1 heterocycles. The van der Waals surface area contributed by atoms with E-state index in [4.69, 9.17) is 0 Å². The minimum atomic E-state index is 0.00535. The van der Waals surface area contributed by atoms with Crippen LogP contribution >= 0.6 is 0 Å². The average molecular weight is 290 g/mol. The van der Waals surface area contributed by atoms with Crippen molar-refractivity contribution in [3.63, 3.8) is 0 Å². The Hall–Kier alpha value is -1.55. The molecule has 2 N–H and O–H groups in total. The molecule has 2 rings (SSSR count). The van der Waals surface area contributed by atoms with E-state index in [2.05, 4.69) is 5.32 Å². The molecule has 1 unspecified atom stereocenters. The Labute approximate surface area is 127 Å². The maximum Gasteiger partial charge on any atom is 0.254 e. The van der Waals surface area contributed by atoms with Gasteiger partial charge in [-0.05, 0) is 52.3 Å². The summed E-state index contributed by atoms with van der Waals surface area (Å²) >= 11 is 0. The number of rotatable bonds is 4. The molecule has 1 atom stereocenters. The van der Waals surface area contributed by atoms with Gasteiger partial charge in [0.15, 0.2) is 0 Å². The van der Waals surface area contributed by atoms with Crippen molar-refractivity contribution in [2.45, 2.75) is 52.1 Å². The molecule has 1 fully saturated rings. The number of hydrogen-bond acceptors (Lipinski definition) is 3. The maximum absolute atomic E-state index is 12.8. The normalized spacial score (nSPS) is 18.8. The fraction of sp³-hybridized carbons (Fsp3) is 0.588. The van der Waals surface area contributed by atoms with Crippen molar-refractivity contribution in [1.29, 1.82) is 0 Å². The standard InChI is InChI=1S/C17H26N2O2/c1-12(2)19(11-14-7-4-5-10-18-14)17(21)15-8-6-9-16(20)13(15)3/h6,8-9,12,14,18,20H,4-5,7,10-11H2,1-3H3. The third-order valence-corrected chi connectivity index (χ3v) is 4.25. The molecule has 0 saturated carbocycles. The summed E-state index contributed by atoms with van der Waals surface area (Å²) in [7, 11) is 0. The van der Waals surface area contributed by atoms with Crippen LogP contribution in [0.3, 0.4) is 0 Å². The number of piperidine rings is 1. The fourth-order valence-corrected chi connectivity index (χ4v) is 2.86. The Morgan fingerprint density at radius 2 is 2.19 bits per heavy atom. The van der Waals surface area contributed by atoms with E-state index in [-0.39, 0.29) is 17.7 Å². The molecule has 21 heavy (non-hydrogen) atoms. The van der Waals surface area contributed by atoms with Gasteiger partial charge in [0.05, 0.1) is 0 Å². The minimum absolute atomic E-state index is 0.00535. The van der Waals surface area contributed by atoms with Crippen molar-refractivity contribution in [3.8, 4) is 5.75 Å². The van der Waals surface area contributed by atoms with Crippen LogP contribution in [0.1, 0.15) is 49.0 Å². The molecule has 1 aliphatic rings. The smallest absolute Gasteiger partial charge is 0.254 e. The number of phenols is 1. The lowest BCUT2D eigenvalue weighted by Gasteiger charge is -2.33. The highest BCUT2D eigenvalue weighted by Gasteiger charge is 2.25. The van der Waals surface area contributed by atoms with Gasteiger partial charge in [-0.2, -0.15) is 0 Å². The highest BCUT2D eigenvalue weighted by molar-refractivity contribution is 5.96. The molecule has 4 nitrogen and oxygen atoms in total. The first-order chi connectivity index (χ1) is 10.0. The van der Waals surface area contributed by atoms with E-state index in [1.807, 2.05) is 18.7 Å². The first-order valence-electron chi connectivity index (χ1n) is 7.83. The molecular formula is C17H26N2O2. The average Bonchev–Trinajstić information content (AvgIpc) is 2.48. The van der Waals surface area contributed by atoms with Gasteiger partial charge >= 0.3 is 0 Å². The molecule has 0 aliphatic carbocycles. The van der Waals surface area contributed by atoms with Gasteiger partial charge < -0.3 is 15.3 Å². The molecule has 0 radical (unpaired) electrons. The van der Waals surface area contributed by atoms with Gasteiger partial charge in [0.2, 0.25) is 0 Å². The van der Waals surface area contributed by atoms with E-state index in [0.29, 0.717) is 17.2 Å². The topological polar surface area (TPSA) is 52.6 Å². The van der Waals surface area contributed by atoms with Crippen molar-refractivity contribution in [2.24, 2.45) is 0 Å². The van der Waals surface area contributed by atoms with Crippen LogP contribution in [-0.4, -0.2) is 41.1 Å². The lowest BCUT2D eigenvalue weighted by molar-refractivity contribution is 0.0675. The van der Waals surface area contributed by atoms with Gasteiger partial charge in [-0.1, -0.05) is 12.5 Å². The molecule has 0 aromatic heterocycles. The molecule has 4 heteroatoms. The zero-order chi connectivity index (χ0) is 15.4. The van der Waals surface area contributed by atoms with Crippen molar-refractivity contribution < 1.29 is 9.90 Å². The van der Waals surface area contributed by atoms with Gasteiger partial charge in [0.1, 0.15) is 5.75 Å². The fourth-order valence-electron chi connectivity index (χ4n) is 2.86. The second-order valence-corrected chi connectivity index (χ2v) is 6.15. The maximum atomic E-state index is 12.8. The van der Waals surface area contributed by atoms with E-state index < -0.39 is 0 Å². The largest absolute Gasteiger partial charge is 0.508 e. The molecule has 0 bridgehead atoms. The Kier molecular flexibility index (Phi) is 5.23. The van der Waals surface area contributed by atoms with Crippen LogP contribution in [0.4, 0.5) is 0 Å². The summed E-state index contributed by atoms with van der Waals surface area (Å²) in [5.41, 5.74) is 1.25. The third kappa shape index (κ3) is 3.76. The lowest BCUT2D eigenvalue weighted by atomic mass is 10.0. The van der Waals surface area contributed by atoms with Crippen LogP contribution < -0.4 is 5.32 Å². The minimum Gasteiger partial charge on any atom is -0.508 e. The summed E-state index contributed by atoms with van der Waals surface area (Å²) in [6, 6.07) is 5.66. The Morgan fingerprint density at radius 1 is 1.43 bits per heavy atom. The number of aromatic hydroxyl groups is 1. The molecule has 1 aromatic carbocycles. The van der Waals surface area contributed by atoms with Gasteiger partial charge in [0.25, 0.3) is 5.91 Å². The van der Waals surface area contributed by atoms with Crippen LogP contribution in [-0.2, 0) is 0 Å². The Balaban J connectivity index is 2.17. The summed E-state index contributed by atoms with van der Waals surface area (Å²) < 4.78 is 0. The zero-order valence-corrected chi connectivity index (χ0v) is 13.2. The molecule has 1 amide bonds. The lowest BCUT2D eigenvalue weighted by Crippen LogP contribution is -2.48. The summed E-state index contributed by atoms with van der Waals surface area (Å²) in [6.07, 6.45) is 3.57. The molecular weight excluding hydrogens is 264 g/mol. The van der Waals surface area contributed by atoms with E-state index in [9.17, 15) is 9.90 Å². The van der Waals surface area contributed by atoms with E-state index in [1.165, 1.54) is 12.8 Å². The van der Waals surface area contributed by atoms with Gasteiger partial charge in [-0.3, -0.25) is 4.79 Å². The van der Waals surface area contributed by atoms with Gasteiger partial charge in [-0.25, -0.2) is 0 Å². The van der Waals surface area contributed by atoms with Crippen LogP contribution in [0, 0.1) is 6.92 Å². The number of carbonyl (C=O) groups excluding carboxylic acids is 1. The molecule has 1 saturated heterocycles. The Bertz CT molecular complexity index is 494. The van der Waals surface area contributed by atoms with E-state index in [0.717, 1.165) is 19.5 Å². The highest BCUT2D eigenvalue weighted by atomic mass is 16.3. The van der Waals surface area contributed by atoms with Crippen LogP contribution in [0.2, 0.25) is 0 Å². The van der Waals surface area contributed by atoms with Crippen LogP contribution in [0.25, 0.3) is 0 Å². The first-order valence-corrected chi connectivity index (χ1v) is 7.83. The number of phenolic OH excluding ortho intramolecular Hbond substituents is 1. The summed E-state index contributed by atoms with van der Waals surface area (Å²) in [6.45, 7) is 7.64. The molecule has 1 aliphatic heterocycles. The summed E-state index contributed by atoms with van der Waals surface area (Å²) in [5, 5.41) is 13.3. The number of amides is 1. The summed E-state index contributed by atoms with van der Waals surface area (Å²) in [5.74, 6) is 0.186. The predicted octanol–water partition coefficient (Wildman–Crippen LogP) is 2.69. The first kappa shape index (κ1) is 15.8. The number of nitrogens with one attached hydrogen (secondary N) is 1. The molecule has 0 spiro atoms. The van der Waals surface area contributed by atoms with E-state index >= 15 is 0 Å². The van der Waals surface area contributed by atoms with Crippen molar-refractivity contribution >= 4 is 5.91 Å². The van der Waals surface area contributed by atoms with Crippen LogP contribution in [0.15, 0.2) is 18.2 Å². The zero-order valence-electron chi connectivity index (χ0n) is 13.2. The van der Waals surface area contributed by atoms with Crippen molar-refractivity contribution in [3.05, 3.63) is 29.3 Å². The van der Waals surface area contributed by atoms with Gasteiger partial charge in [-0.15, -0.1) is 0 Å². The highest BCUT2D eigenvalue weighted by Crippen LogP contribution is 2.22. The van der Waals surface area contributed by atoms with Gasteiger partial charge in [0, 0.05) is 29.8 Å². The second-order valence-electron chi connectivity index (χ2n) is 6.15. The quantitative estimate of drug-likeness (QED) is 0.896. The van der Waals surface area contributed by atoms with E-state index in [1.54, 1.807) is 25.1 Å². The monoisotopic (exact) mass is 290 g/mol. The SMILES string of the molecule is Cc1c(O)cccc1C(=O)N(CC1CCCCN1)C(C)C. The number of carbonyl (C=O) groups is 1. The number of nitrogens with zero attached hydrogens (tertiary/aromatic N) is 1. The van der Waals surface area contributed by atoms with Crippen molar-refractivity contribution in [2.75, 3.05) is 13.1 Å². The molecule has 116 valence electrons. The predicted molar refractivity (Wildman–Crippen MR) is 84.7 cm³/mol. The third-order valence-electron chi connectivity index (χ3n) is 4.25. The second kappa shape index (κ2) is 6.94. The molecule has 1 aromatic rings. The Morgan fingerprint density at radius 3 is 2.81 bits per heavy atom. The van der Waals surface area contributed by atoms with Crippen molar-refractivity contribution in [1.82, 2.24) is 10.2 Å². The van der Waals surface area contributed by atoms with Crippen LogP contribution in [0.5, 0.6) is 5.75 Å². The number of benzene rings is 1. The summed E-state index contributed by atoms with van der Waals surface area (Å²) in [4.78, 5) is 14.7. The number of hydrogen-bond donors (Lipinski definition) is 2.